The van der Waals surface area contributed by atoms with Crippen molar-refractivity contribution in [3.63, 3.8) is 0 Å². The molecule has 128 valence electrons. The predicted molar refractivity (Wildman–Crippen MR) is 93.6 cm³/mol. The highest BCUT2D eigenvalue weighted by molar-refractivity contribution is 5.77. The van der Waals surface area contributed by atoms with Crippen LogP contribution < -0.4 is 15.4 Å². The molecule has 0 aliphatic carbocycles. The summed E-state index contributed by atoms with van der Waals surface area (Å²) in [6, 6.07) is 8.35. The van der Waals surface area contributed by atoms with Crippen molar-refractivity contribution >= 4 is 5.91 Å². The van der Waals surface area contributed by atoms with Gasteiger partial charge in [-0.3, -0.25) is 4.79 Å². The number of benzene rings is 1. The third-order valence-electron chi connectivity index (χ3n) is 4.21. The molecule has 1 fully saturated rings. The normalized spacial score (nSPS) is 18.2. The Bertz CT molecular complexity index is 503. The first-order valence-corrected chi connectivity index (χ1v) is 8.64. The van der Waals surface area contributed by atoms with Gasteiger partial charge in [0, 0.05) is 12.5 Å². The number of amides is 1. The van der Waals surface area contributed by atoms with Crippen molar-refractivity contribution in [3.8, 4) is 5.75 Å². The van der Waals surface area contributed by atoms with Crippen molar-refractivity contribution in [1.29, 1.82) is 0 Å². The summed E-state index contributed by atoms with van der Waals surface area (Å²) < 4.78 is 5.71. The summed E-state index contributed by atoms with van der Waals surface area (Å²) in [6.07, 6.45) is 2.81. The molecule has 1 unspecified atom stereocenters. The summed E-state index contributed by atoms with van der Waals surface area (Å²) in [7, 11) is 0. The van der Waals surface area contributed by atoms with Gasteiger partial charge >= 0.3 is 0 Å². The van der Waals surface area contributed by atoms with Gasteiger partial charge in [-0.1, -0.05) is 26.0 Å². The van der Waals surface area contributed by atoms with Gasteiger partial charge in [0.2, 0.25) is 5.91 Å². The van der Waals surface area contributed by atoms with Crippen LogP contribution in [0.1, 0.15) is 52.5 Å². The van der Waals surface area contributed by atoms with Crippen LogP contribution >= 0.6 is 0 Å². The molecule has 0 aromatic heterocycles. The molecule has 4 nitrogen and oxygen atoms in total. The largest absolute Gasteiger partial charge is 0.493 e. The van der Waals surface area contributed by atoms with Gasteiger partial charge in [-0.05, 0) is 56.8 Å². The number of hydrogen-bond acceptors (Lipinski definition) is 3. The molecule has 2 N–H and O–H groups in total. The number of carbonyl (C=O) groups is 1. The van der Waals surface area contributed by atoms with Crippen molar-refractivity contribution in [1.82, 2.24) is 10.6 Å². The summed E-state index contributed by atoms with van der Waals surface area (Å²) in [5.74, 6) is 1.49. The molecule has 1 heterocycles. The first kappa shape index (κ1) is 17.8. The molecule has 0 bridgehead atoms. The molecule has 0 radical (unpaired) electrons. The van der Waals surface area contributed by atoms with E-state index in [0.717, 1.165) is 24.3 Å². The van der Waals surface area contributed by atoms with Gasteiger partial charge in [0.05, 0.1) is 12.1 Å². The smallest absolute Gasteiger partial charge is 0.222 e. The highest BCUT2D eigenvalue weighted by Crippen LogP contribution is 2.23. The van der Waals surface area contributed by atoms with Crippen molar-refractivity contribution in [2.45, 2.75) is 58.5 Å². The Hall–Kier alpha value is -1.55. The Kier molecular flexibility index (Phi) is 6.05. The van der Waals surface area contributed by atoms with Crippen LogP contribution in [0.4, 0.5) is 0 Å². The van der Waals surface area contributed by atoms with E-state index in [9.17, 15) is 4.79 Å². The van der Waals surface area contributed by atoms with Gasteiger partial charge in [-0.15, -0.1) is 0 Å². The summed E-state index contributed by atoms with van der Waals surface area (Å²) in [6.45, 7) is 10.1. The third-order valence-corrected chi connectivity index (χ3v) is 4.21. The van der Waals surface area contributed by atoms with E-state index in [1.165, 1.54) is 6.42 Å². The summed E-state index contributed by atoms with van der Waals surface area (Å²) in [5.41, 5.74) is 0.703. The van der Waals surface area contributed by atoms with Crippen molar-refractivity contribution in [2.75, 3.05) is 13.2 Å². The molecule has 1 aromatic carbocycles. The topological polar surface area (TPSA) is 50.4 Å². The first-order chi connectivity index (χ1) is 10.9. The van der Waals surface area contributed by atoms with Crippen LogP contribution in [0.15, 0.2) is 24.3 Å². The fourth-order valence-corrected chi connectivity index (χ4v) is 2.86. The third kappa shape index (κ3) is 5.54. The van der Waals surface area contributed by atoms with Crippen LogP contribution in [-0.2, 0) is 10.3 Å². The number of hydrogen-bond donors (Lipinski definition) is 2. The summed E-state index contributed by atoms with van der Waals surface area (Å²) >= 11 is 0. The van der Waals surface area contributed by atoms with Gasteiger partial charge < -0.3 is 15.4 Å². The Morgan fingerprint density at radius 2 is 2.04 bits per heavy atom. The Balaban J connectivity index is 1.91. The fourth-order valence-electron chi connectivity index (χ4n) is 2.86. The van der Waals surface area contributed by atoms with Crippen LogP contribution in [0.5, 0.6) is 5.75 Å². The molecule has 1 aliphatic heterocycles. The lowest BCUT2D eigenvalue weighted by molar-refractivity contribution is -0.123. The molecule has 1 aromatic rings. The molecule has 2 rings (SSSR count). The Labute approximate surface area is 140 Å². The fraction of sp³-hybridized carbons (Fsp3) is 0.632. The molecule has 1 atom stereocenters. The van der Waals surface area contributed by atoms with Crippen molar-refractivity contribution in [2.24, 2.45) is 5.92 Å². The molecule has 23 heavy (non-hydrogen) atoms. The number of rotatable bonds is 7. The highest BCUT2D eigenvalue weighted by Gasteiger charge is 2.25. The van der Waals surface area contributed by atoms with Gasteiger partial charge in [0.1, 0.15) is 5.75 Å². The van der Waals surface area contributed by atoms with Gasteiger partial charge in [-0.2, -0.15) is 0 Å². The van der Waals surface area contributed by atoms with Crippen LogP contribution in [-0.4, -0.2) is 25.1 Å². The van der Waals surface area contributed by atoms with E-state index in [-0.39, 0.29) is 11.4 Å². The molecular weight excluding hydrogens is 288 g/mol. The van der Waals surface area contributed by atoms with Crippen LogP contribution in [0.25, 0.3) is 0 Å². The monoisotopic (exact) mass is 318 g/mol. The SMILES string of the molecule is CC(C)COc1ccc(C(C)(C)NC(=O)CC2CCCN2)cc1. The standard InChI is InChI=1S/C19H30N2O2/c1-14(2)13-23-17-9-7-15(8-10-17)19(3,4)21-18(22)12-16-6-5-11-20-16/h7-10,14,16,20H,5-6,11-13H2,1-4H3,(H,21,22). The van der Waals surface area contributed by atoms with Crippen molar-refractivity contribution < 1.29 is 9.53 Å². The minimum absolute atomic E-state index is 0.106. The maximum Gasteiger partial charge on any atom is 0.222 e. The van der Waals surface area contributed by atoms with E-state index >= 15 is 0 Å². The number of carbonyl (C=O) groups excluding carboxylic acids is 1. The number of nitrogens with one attached hydrogen (secondary N) is 2. The van der Waals surface area contributed by atoms with Gasteiger partial charge in [-0.25, -0.2) is 0 Å². The molecule has 0 spiro atoms. The Morgan fingerprint density at radius 1 is 1.35 bits per heavy atom. The minimum Gasteiger partial charge on any atom is -0.493 e. The van der Waals surface area contributed by atoms with E-state index in [0.29, 0.717) is 25.0 Å². The van der Waals surface area contributed by atoms with Gasteiger partial charge in [0.25, 0.3) is 0 Å². The maximum atomic E-state index is 12.3. The average Bonchev–Trinajstić information content (AvgIpc) is 2.97. The lowest BCUT2D eigenvalue weighted by Gasteiger charge is -2.28. The lowest BCUT2D eigenvalue weighted by Crippen LogP contribution is -2.43. The van der Waals surface area contributed by atoms with Gasteiger partial charge in [0.15, 0.2) is 0 Å². The predicted octanol–water partition coefficient (Wildman–Crippen LogP) is 3.21. The zero-order valence-corrected chi connectivity index (χ0v) is 14.8. The van der Waals surface area contributed by atoms with Crippen molar-refractivity contribution in [3.05, 3.63) is 29.8 Å². The summed E-state index contributed by atoms with van der Waals surface area (Å²) in [4.78, 5) is 12.3. The second-order valence-electron chi connectivity index (χ2n) is 7.40. The quantitative estimate of drug-likeness (QED) is 0.811. The molecule has 1 amide bonds. The zero-order valence-electron chi connectivity index (χ0n) is 14.8. The lowest BCUT2D eigenvalue weighted by atomic mass is 9.93. The highest BCUT2D eigenvalue weighted by atomic mass is 16.5. The van der Waals surface area contributed by atoms with E-state index in [1.54, 1.807) is 0 Å². The zero-order chi connectivity index (χ0) is 16.9. The van der Waals surface area contributed by atoms with E-state index in [2.05, 4.69) is 24.5 Å². The summed E-state index contributed by atoms with van der Waals surface area (Å²) in [5, 5.41) is 6.52. The first-order valence-electron chi connectivity index (χ1n) is 8.64. The van der Waals surface area contributed by atoms with E-state index in [1.807, 2.05) is 38.1 Å². The second-order valence-corrected chi connectivity index (χ2v) is 7.40. The second kappa shape index (κ2) is 7.82. The molecular formula is C19H30N2O2. The molecule has 0 saturated carbocycles. The van der Waals surface area contributed by atoms with E-state index in [4.69, 9.17) is 4.74 Å². The Morgan fingerprint density at radius 3 is 2.61 bits per heavy atom. The molecule has 1 saturated heterocycles. The van der Waals surface area contributed by atoms with Crippen LogP contribution in [0, 0.1) is 5.92 Å². The average molecular weight is 318 g/mol. The van der Waals surface area contributed by atoms with Crippen LogP contribution in [0.2, 0.25) is 0 Å². The number of ether oxygens (including phenoxy) is 1. The van der Waals surface area contributed by atoms with Crippen LogP contribution in [0.3, 0.4) is 0 Å². The molecule has 4 heteroatoms. The maximum absolute atomic E-state index is 12.3. The molecule has 1 aliphatic rings. The van der Waals surface area contributed by atoms with E-state index < -0.39 is 0 Å². The minimum atomic E-state index is -0.383.